The summed E-state index contributed by atoms with van der Waals surface area (Å²) in [6.07, 6.45) is 35.3. The van der Waals surface area contributed by atoms with E-state index in [4.69, 9.17) is 14.2 Å². The summed E-state index contributed by atoms with van der Waals surface area (Å²) in [6, 6.07) is 24.8. The molecule has 0 bridgehead atoms. The number of unbranched alkanes of at least 4 members (excludes halogenated alkanes) is 26. The summed E-state index contributed by atoms with van der Waals surface area (Å²) in [5, 5.41) is 23.0. The van der Waals surface area contributed by atoms with Crippen LogP contribution < -0.4 is 21.3 Å². The van der Waals surface area contributed by atoms with Gasteiger partial charge in [0.05, 0.1) is 19.8 Å². The molecule has 0 unspecified atom stereocenters. The van der Waals surface area contributed by atoms with E-state index < -0.39 is 54.1 Å². The van der Waals surface area contributed by atoms with Crippen LogP contribution in [0, 0.1) is 5.92 Å². The molecule has 3 rings (SSSR count). The fourth-order valence-electron chi connectivity index (χ4n) is 10.2. The van der Waals surface area contributed by atoms with Crippen LogP contribution in [0.1, 0.15) is 231 Å². The van der Waals surface area contributed by atoms with Gasteiger partial charge in [0, 0.05) is 26.1 Å². The molecule has 450 valence electrons. The van der Waals surface area contributed by atoms with E-state index in [0.29, 0.717) is 19.6 Å². The van der Waals surface area contributed by atoms with Crippen molar-refractivity contribution in [3.63, 3.8) is 0 Å². The van der Waals surface area contributed by atoms with Gasteiger partial charge in [0.25, 0.3) is 0 Å². The maximum atomic E-state index is 14.8. The van der Waals surface area contributed by atoms with Crippen molar-refractivity contribution >= 4 is 23.8 Å². The van der Waals surface area contributed by atoms with Gasteiger partial charge in [0.1, 0.15) is 30.3 Å². The van der Waals surface area contributed by atoms with Crippen LogP contribution in [0.5, 0.6) is 0 Å². The van der Waals surface area contributed by atoms with Crippen LogP contribution in [0.3, 0.4) is 0 Å². The number of aliphatic hydroxyl groups is 1. The Labute approximate surface area is 485 Å². The quantitative estimate of drug-likeness (QED) is 0.0349. The summed E-state index contributed by atoms with van der Waals surface area (Å²) in [4.78, 5) is 56.9. The van der Waals surface area contributed by atoms with E-state index in [-0.39, 0.29) is 38.6 Å². The van der Waals surface area contributed by atoms with Gasteiger partial charge in [-0.25, -0.2) is 4.79 Å². The van der Waals surface area contributed by atoms with Gasteiger partial charge in [0.2, 0.25) is 17.7 Å². The number of aliphatic hydroxyl groups excluding tert-OH is 1. The van der Waals surface area contributed by atoms with Crippen LogP contribution in [-0.2, 0) is 48.0 Å². The van der Waals surface area contributed by atoms with Gasteiger partial charge in [-0.05, 0) is 35.4 Å². The number of carbonyl (C=O) groups is 4. The second-order valence-electron chi connectivity index (χ2n) is 22.8. The molecule has 0 aliphatic rings. The zero-order valence-electron chi connectivity index (χ0n) is 50.4. The van der Waals surface area contributed by atoms with Gasteiger partial charge >= 0.3 is 6.09 Å². The number of hydrogen-bond acceptors (Lipinski definition) is 8. The molecule has 0 radical (unpaired) electrons. The van der Waals surface area contributed by atoms with E-state index in [1.165, 1.54) is 141 Å². The maximum Gasteiger partial charge on any atom is 0.408 e. The fourth-order valence-corrected chi connectivity index (χ4v) is 10.2. The van der Waals surface area contributed by atoms with Gasteiger partial charge < -0.3 is 40.6 Å². The normalized spacial score (nSPS) is 13.0. The number of benzene rings is 3. The predicted molar refractivity (Wildman–Crippen MR) is 327 cm³/mol. The van der Waals surface area contributed by atoms with Crippen LogP contribution in [-0.4, -0.2) is 85.6 Å². The summed E-state index contributed by atoms with van der Waals surface area (Å²) in [6.45, 7) is 8.96. The van der Waals surface area contributed by atoms with Crippen molar-refractivity contribution in [2.45, 2.75) is 257 Å². The van der Waals surface area contributed by atoms with Crippen molar-refractivity contribution in [2.75, 3.05) is 33.0 Å². The summed E-state index contributed by atoms with van der Waals surface area (Å²) >= 11 is 0. The number of ether oxygens (including phenoxy) is 3. The van der Waals surface area contributed by atoms with Crippen LogP contribution in [0.15, 0.2) is 91.0 Å². The Morgan fingerprint density at radius 2 is 0.812 bits per heavy atom. The summed E-state index contributed by atoms with van der Waals surface area (Å²) in [5.41, 5.74) is 1.14. The standard InChI is InChI=1S/C68H110N4O8/c1-5-8-10-12-14-16-18-20-22-24-26-28-30-41-49-78-55-68(54-73,56-79-50-42-31-29-27-25-23-21-19-17-15-13-11-9-6-2)72-65(75)62(52-59-45-37-33-38-46-59)69-66(76)63(57(4)7-3)71-64(74)61(51-58-43-35-32-36-44-58)70-67(77)80-53-60-47-39-34-40-48-60/h32-40,43-48,57,61-63,73H,5-31,41-42,49-56H2,1-4H3,(H,69,76)(H,70,77)(H,71,74)(H,72,75)/t57-,61-,62-,63-/m0/s1. The minimum Gasteiger partial charge on any atom is -0.445 e. The smallest absolute Gasteiger partial charge is 0.408 e. The van der Waals surface area contributed by atoms with Crippen LogP contribution >= 0.6 is 0 Å². The Kier molecular flexibility index (Phi) is 39.8. The molecule has 12 heteroatoms. The molecular weight excluding hydrogens is 1000 g/mol. The van der Waals surface area contributed by atoms with E-state index >= 15 is 0 Å². The maximum absolute atomic E-state index is 14.8. The highest BCUT2D eigenvalue weighted by Gasteiger charge is 2.37. The van der Waals surface area contributed by atoms with Crippen LogP contribution in [0.25, 0.3) is 0 Å². The van der Waals surface area contributed by atoms with Gasteiger partial charge in [0.15, 0.2) is 0 Å². The lowest BCUT2D eigenvalue weighted by atomic mass is 9.95. The van der Waals surface area contributed by atoms with Crippen molar-refractivity contribution in [2.24, 2.45) is 5.92 Å². The van der Waals surface area contributed by atoms with Crippen molar-refractivity contribution in [1.29, 1.82) is 0 Å². The van der Waals surface area contributed by atoms with Crippen molar-refractivity contribution in [3.8, 4) is 0 Å². The van der Waals surface area contributed by atoms with Crippen molar-refractivity contribution < 1.29 is 38.5 Å². The number of rotatable bonds is 50. The van der Waals surface area contributed by atoms with Crippen molar-refractivity contribution in [3.05, 3.63) is 108 Å². The molecule has 0 saturated heterocycles. The number of amides is 4. The van der Waals surface area contributed by atoms with Crippen LogP contribution in [0.4, 0.5) is 4.79 Å². The second kappa shape index (κ2) is 45.8. The minimum absolute atomic E-state index is 0.0178. The first-order chi connectivity index (χ1) is 39.1. The summed E-state index contributed by atoms with van der Waals surface area (Å²) in [5.74, 6) is -1.98. The molecule has 0 saturated carbocycles. The molecule has 0 aromatic heterocycles. The lowest BCUT2D eigenvalue weighted by Gasteiger charge is -2.35. The van der Waals surface area contributed by atoms with Gasteiger partial charge in [-0.15, -0.1) is 0 Å². The lowest BCUT2D eigenvalue weighted by molar-refractivity contribution is -0.135. The molecule has 0 aliphatic carbocycles. The first-order valence-corrected chi connectivity index (χ1v) is 31.9. The molecular formula is C68H110N4O8. The third-order valence-electron chi connectivity index (χ3n) is 15.5. The first kappa shape index (κ1) is 69.5. The highest BCUT2D eigenvalue weighted by molar-refractivity contribution is 5.94. The third-order valence-corrected chi connectivity index (χ3v) is 15.5. The fraction of sp³-hybridized carbons (Fsp3) is 0.676. The van der Waals surface area contributed by atoms with Gasteiger partial charge in [-0.1, -0.05) is 292 Å². The van der Waals surface area contributed by atoms with E-state index in [2.05, 4.69) is 35.1 Å². The van der Waals surface area contributed by atoms with Gasteiger partial charge in [-0.2, -0.15) is 0 Å². The molecule has 0 fully saturated rings. The average Bonchev–Trinajstić information content (AvgIpc) is 3.49. The Hall–Kier alpha value is -4.78. The molecule has 5 N–H and O–H groups in total. The Morgan fingerprint density at radius 3 is 1.19 bits per heavy atom. The number of nitrogens with one attached hydrogen (secondary N) is 4. The molecule has 0 heterocycles. The van der Waals surface area contributed by atoms with Gasteiger partial charge in [-0.3, -0.25) is 14.4 Å². The molecule has 80 heavy (non-hydrogen) atoms. The predicted octanol–water partition coefficient (Wildman–Crippen LogP) is 14.6. The second-order valence-corrected chi connectivity index (χ2v) is 22.8. The Balaban J connectivity index is 1.68. The summed E-state index contributed by atoms with van der Waals surface area (Å²) < 4.78 is 18.1. The highest BCUT2D eigenvalue weighted by atomic mass is 16.5. The number of hydrogen-bond donors (Lipinski definition) is 5. The van der Waals surface area contributed by atoms with E-state index in [9.17, 15) is 24.3 Å². The topological polar surface area (TPSA) is 164 Å². The molecule has 4 atom stereocenters. The van der Waals surface area contributed by atoms with E-state index in [0.717, 1.165) is 55.2 Å². The third kappa shape index (κ3) is 32.6. The molecule has 12 nitrogen and oxygen atoms in total. The average molecular weight is 1110 g/mol. The molecule has 0 spiro atoms. The lowest BCUT2D eigenvalue weighted by Crippen LogP contribution is -2.64. The van der Waals surface area contributed by atoms with E-state index in [1.807, 2.05) is 105 Å². The monoisotopic (exact) mass is 1110 g/mol. The zero-order valence-corrected chi connectivity index (χ0v) is 50.4. The highest BCUT2D eigenvalue weighted by Crippen LogP contribution is 2.18. The SMILES string of the molecule is CCCCCCCCCCCCCCCCOCC(CO)(COCCCCCCCCCCCCCCCC)NC(=O)[C@H](Cc1ccccc1)NC(=O)[C@@H](NC(=O)[C@H](Cc1ccccc1)NC(=O)OCc1ccccc1)[C@@H](C)CC. The Morgan fingerprint density at radius 1 is 0.450 bits per heavy atom. The number of alkyl carbamates (subject to hydrolysis) is 1. The zero-order chi connectivity index (χ0) is 57.6. The van der Waals surface area contributed by atoms with E-state index in [1.54, 1.807) is 0 Å². The molecule has 0 aliphatic heterocycles. The van der Waals surface area contributed by atoms with Crippen molar-refractivity contribution in [1.82, 2.24) is 21.3 Å². The van der Waals surface area contributed by atoms with Crippen LogP contribution in [0.2, 0.25) is 0 Å². The number of carbonyl (C=O) groups excluding carboxylic acids is 4. The molecule has 4 amide bonds. The first-order valence-electron chi connectivity index (χ1n) is 31.9. The largest absolute Gasteiger partial charge is 0.445 e. The molecule has 3 aromatic carbocycles. The minimum atomic E-state index is -1.28. The summed E-state index contributed by atoms with van der Waals surface area (Å²) in [7, 11) is 0. The molecule has 3 aromatic rings. The Bertz CT molecular complexity index is 1950.